The van der Waals surface area contributed by atoms with Gasteiger partial charge in [-0.25, -0.2) is 5.06 Å². The van der Waals surface area contributed by atoms with Crippen LogP contribution in [0.1, 0.15) is 12.8 Å². The van der Waals surface area contributed by atoms with E-state index in [-0.39, 0.29) is 6.10 Å². The molecule has 2 aromatic rings. The van der Waals surface area contributed by atoms with E-state index in [1.165, 1.54) is 0 Å². The molecule has 1 aliphatic heterocycles. The fourth-order valence-electron chi connectivity index (χ4n) is 2.36. The molecule has 1 fully saturated rings. The number of hydrogen-bond acceptors (Lipinski definition) is 4. The summed E-state index contributed by atoms with van der Waals surface area (Å²) in [5, 5.41) is 5.27. The first-order valence-electron chi connectivity index (χ1n) is 7.06. The summed E-state index contributed by atoms with van der Waals surface area (Å²) in [6, 6.07) is 14.1. The highest BCUT2D eigenvalue weighted by Crippen LogP contribution is 2.27. The van der Waals surface area contributed by atoms with Gasteiger partial charge in [0.1, 0.15) is 0 Å². The molecule has 1 aliphatic rings. The quantitative estimate of drug-likeness (QED) is 0.866. The highest BCUT2D eigenvalue weighted by Gasteiger charge is 2.19. The molecular weight excluding hydrogens is 250 g/mol. The molecule has 0 aliphatic carbocycles. The maximum Gasteiger partial charge on any atom is 0.0885 e. The highest BCUT2D eigenvalue weighted by molar-refractivity contribution is 5.59. The molecule has 0 amide bonds. The van der Waals surface area contributed by atoms with E-state index in [0.29, 0.717) is 0 Å². The van der Waals surface area contributed by atoms with Gasteiger partial charge in [0.25, 0.3) is 0 Å². The summed E-state index contributed by atoms with van der Waals surface area (Å²) in [5.74, 6) is 0. The predicted octanol–water partition coefficient (Wildman–Crippen LogP) is 2.90. The Hall–Kier alpha value is -1.91. The van der Waals surface area contributed by atoms with Crippen LogP contribution in [0.2, 0.25) is 0 Å². The van der Waals surface area contributed by atoms with Crippen molar-refractivity contribution in [3.8, 4) is 0 Å². The first kappa shape index (κ1) is 13.1. The van der Waals surface area contributed by atoms with Crippen LogP contribution in [0.5, 0.6) is 0 Å². The average Bonchev–Trinajstić information content (AvgIpc) is 2.55. The van der Waals surface area contributed by atoms with E-state index in [0.717, 1.165) is 37.3 Å². The summed E-state index contributed by atoms with van der Waals surface area (Å²) < 4.78 is 0. The second kappa shape index (κ2) is 6.50. The van der Waals surface area contributed by atoms with Crippen LogP contribution in [0.3, 0.4) is 0 Å². The number of piperidine rings is 1. The molecule has 0 unspecified atom stereocenters. The van der Waals surface area contributed by atoms with Crippen molar-refractivity contribution in [2.45, 2.75) is 18.9 Å². The van der Waals surface area contributed by atoms with Crippen molar-refractivity contribution < 1.29 is 4.84 Å². The summed E-state index contributed by atoms with van der Waals surface area (Å²) >= 11 is 0. The lowest BCUT2D eigenvalue weighted by atomic mass is 10.1. The highest BCUT2D eigenvalue weighted by atomic mass is 16.7. The van der Waals surface area contributed by atoms with Crippen molar-refractivity contribution in [2.24, 2.45) is 0 Å². The lowest BCUT2D eigenvalue weighted by molar-refractivity contribution is 0.0329. The van der Waals surface area contributed by atoms with Crippen LogP contribution in [0.25, 0.3) is 0 Å². The Morgan fingerprint density at radius 3 is 2.30 bits per heavy atom. The molecule has 0 bridgehead atoms. The first-order valence-corrected chi connectivity index (χ1v) is 7.06. The molecule has 4 heteroatoms. The van der Waals surface area contributed by atoms with Crippen molar-refractivity contribution >= 4 is 11.4 Å². The lowest BCUT2D eigenvalue weighted by Crippen LogP contribution is -2.36. The van der Waals surface area contributed by atoms with E-state index in [1.807, 2.05) is 35.4 Å². The summed E-state index contributed by atoms with van der Waals surface area (Å²) in [4.78, 5) is 10.3. The van der Waals surface area contributed by atoms with E-state index in [1.54, 1.807) is 12.4 Å². The molecular formula is C16H19N3O. The molecule has 1 saturated heterocycles. The molecule has 1 N–H and O–H groups in total. The third-order valence-electron chi connectivity index (χ3n) is 3.43. The zero-order valence-corrected chi connectivity index (χ0v) is 11.4. The number of pyridine rings is 1. The summed E-state index contributed by atoms with van der Waals surface area (Å²) in [6.07, 6.45) is 5.90. The zero-order chi connectivity index (χ0) is 13.6. The average molecular weight is 269 g/mol. The summed E-state index contributed by atoms with van der Waals surface area (Å²) in [7, 11) is 0. The van der Waals surface area contributed by atoms with Crippen molar-refractivity contribution in [2.75, 3.05) is 18.2 Å². The van der Waals surface area contributed by atoms with Crippen LogP contribution in [-0.4, -0.2) is 24.2 Å². The van der Waals surface area contributed by atoms with Gasteiger partial charge in [0, 0.05) is 12.4 Å². The van der Waals surface area contributed by atoms with Gasteiger partial charge in [-0.05, 0) is 50.2 Å². The van der Waals surface area contributed by atoms with Gasteiger partial charge >= 0.3 is 0 Å². The topological polar surface area (TPSA) is 37.4 Å². The van der Waals surface area contributed by atoms with Gasteiger partial charge in [-0.3, -0.25) is 9.82 Å². The van der Waals surface area contributed by atoms with Gasteiger partial charge in [-0.2, -0.15) is 0 Å². The minimum absolute atomic E-state index is 0.254. The minimum Gasteiger partial charge on any atom is -0.317 e. The van der Waals surface area contributed by atoms with Crippen LogP contribution in [0.15, 0.2) is 54.9 Å². The maximum atomic E-state index is 6.23. The molecule has 3 rings (SSSR count). The normalized spacial score (nSPS) is 16.0. The summed E-state index contributed by atoms with van der Waals surface area (Å²) in [5.41, 5.74) is 2.04. The predicted molar refractivity (Wildman–Crippen MR) is 79.8 cm³/mol. The molecule has 0 radical (unpaired) electrons. The third-order valence-corrected chi connectivity index (χ3v) is 3.43. The Kier molecular flexibility index (Phi) is 4.25. The van der Waals surface area contributed by atoms with E-state index in [4.69, 9.17) is 4.84 Å². The van der Waals surface area contributed by atoms with Gasteiger partial charge in [0.2, 0.25) is 0 Å². The number of para-hydroxylation sites is 1. The fourth-order valence-corrected chi connectivity index (χ4v) is 2.36. The SMILES string of the molecule is c1ccc(N(OC2CCNCC2)c2ccncc2)cc1. The van der Waals surface area contributed by atoms with Crippen LogP contribution in [0, 0.1) is 0 Å². The summed E-state index contributed by atoms with van der Waals surface area (Å²) in [6.45, 7) is 2.04. The van der Waals surface area contributed by atoms with Crippen molar-refractivity contribution in [1.29, 1.82) is 0 Å². The van der Waals surface area contributed by atoms with Crippen molar-refractivity contribution in [3.05, 3.63) is 54.9 Å². The van der Waals surface area contributed by atoms with Crippen LogP contribution < -0.4 is 10.4 Å². The molecule has 0 saturated carbocycles. The standard InChI is InChI=1S/C16H19N3O/c1-2-4-14(5-3-1)19(15-6-10-17-11-7-15)20-16-8-12-18-13-9-16/h1-7,10-11,16,18H,8-9,12-13H2. The first-order chi connectivity index (χ1) is 9.93. The van der Waals surface area contributed by atoms with Crippen LogP contribution >= 0.6 is 0 Å². The Labute approximate surface area is 119 Å². The molecule has 104 valence electrons. The lowest BCUT2D eigenvalue weighted by Gasteiger charge is -2.31. The van der Waals surface area contributed by atoms with Gasteiger partial charge < -0.3 is 5.32 Å². The Bertz CT molecular complexity index is 472. The van der Waals surface area contributed by atoms with Gasteiger partial charge in [-0.1, -0.05) is 18.2 Å². The molecule has 20 heavy (non-hydrogen) atoms. The fraction of sp³-hybridized carbons (Fsp3) is 0.312. The minimum atomic E-state index is 0.254. The van der Waals surface area contributed by atoms with E-state index >= 15 is 0 Å². The van der Waals surface area contributed by atoms with E-state index < -0.39 is 0 Å². The number of aromatic nitrogens is 1. The molecule has 0 atom stereocenters. The molecule has 2 heterocycles. The number of rotatable bonds is 4. The monoisotopic (exact) mass is 269 g/mol. The van der Waals surface area contributed by atoms with Crippen molar-refractivity contribution in [1.82, 2.24) is 10.3 Å². The van der Waals surface area contributed by atoms with Crippen molar-refractivity contribution in [3.63, 3.8) is 0 Å². The zero-order valence-electron chi connectivity index (χ0n) is 11.4. The second-order valence-corrected chi connectivity index (χ2v) is 4.89. The van der Waals surface area contributed by atoms with E-state index in [9.17, 15) is 0 Å². The molecule has 0 spiro atoms. The van der Waals surface area contributed by atoms with Crippen LogP contribution in [0.4, 0.5) is 11.4 Å². The number of nitrogens with zero attached hydrogens (tertiary/aromatic N) is 2. The Morgan fingerprint density at radius 1 is 0.950 bits per heavy atom. The Balaban J connectivity index is 1.83. The smallest absolute Gasteiger partial charge is 0.0885 e. The van der Waals surface area contributed by atoms with Gasteiger partial charge in [0.05, 0.1) is 17.5 Å². The second-order valence-electron chi connectivity index (χ2n) is 4.89. The molecule has 4 nitrogen and oxygen atoms in total. The number of hydrogen-bond donors (Lipinski definition) is 1. The number of anilines is 2. The van der Waals surface area contributed by atoms with Crippen LogP contribution in [-0.2, 0) is 4.84 Å². The molecule has 1 aromatic heterocycles. The maximum absolute atomic E-state index is 6.23. The Morgan fingerprint density at radius 2 is 1.60 bits per heavy atom. The van der Waals surface area contributed by atoms with Gasteiger partial charge in [0.15, 0.2) is 0 Å². The largest absolute Gasteiger partial charge is 0.317 e. The van der Waals surface area contributed by atoms with E-state index in [2.05, 4.69) is 22.4 Å². The number of nitrogens with one attached hydrogen (secondary N) is 1. The number of benzene rings is 1. The van der Waals surface area contributed by atoms with Gasteiger partial charge in [-0.15, -0.1) is 0 Å². The molecule has 1 aromatic carbocycles. The third kappa shape index (κ3) is 3.15.